The summed E-state index contributed by atoms with van der Waals surface area (Å²) in [6.07, 6.45) is 9.11. The summed E-state index contributed by atoms with van der Waals surface area (Å²) >= 11 is 0. The highest BCUT2D eigenvalue weighted by atomic mass is 16.2. The van der Waals surface area contributed by atoms with Crippen LogP contribution < -0.4 is 10.6 Å². The van der Waals surface area contributed by atoms with Gasteiger partial charge >= 0.3 is 0 Å². The zero-order chi connectivity index (χ0) is 16.8. The fourth-order valence-electron chi connectivity index (χ4n) is 1.97. The summed E-state index contributed by atoms with van der Waals surface area (Å²) in [6, 6.07) is 8.17. The topological polar surface area (TPSA) is 96.9 Å². The van der Waals surface area contributed by atoms with Crippen LogP contribution in [0.2, 0.25) is 0 Å². The summed E-state index contributed by atoms with van der Waals surface area (Å²) < 4.78 is 0. The first-order valence-corrected chi connectivity index (χ1v) is 7.10. The maximum absolute atomic E-state index is 12.2. The van der Waals surface area contributed by atoms with Gasteiger partial charge in [0.05, 0.1) is 11.1 Å². The molecule has 0 aromatic carbocycles. The van der Waals surface area contributed by atoms with Crippen molar-refractivity contribution in [3.63, 3.8) is 0 Å². The molecule has 0 radical (unpaired) electrons. The Hall–Kier alpha value is -3.61. The highest BCUT2D eigenvalue weighted by Crippen LogP contribution is 2.11. The third-order valence-electron chi connectivity index (χ3n) is 3.14. The van der Waals surface area contributed by atoms with Crippen LogP contribution in [-0.4, -0.2) is 26.8 Å². The average Bonchev–Trinajstić information content (AvgIpc) is 2.63. The van der Waals surface area contributed by atoms with E-state index < -0.39 is 0 Å². The second-order valence-electron chi connectivity index (χ2n) is 4.84. The molecule has 3 rings (SSSR count). The number of hydrogen-bond donors (Lipinski definition) is 2. The summed E-state index contributed by atoms with van der Waals surface area (Å²) in [7, 11) is 0. The van der Waals surface area contributed by atoms with E-state index in [1.807, 2.05) is 0 Å². The van der Waals surface area contributed by atoms with Gasteiger partial charge in [0, 0.05) is 48.6 Å². The quantitative estimate of drug-likeness (QED) is 0.769. The molecule has 2 amide bonds. The van der Waals surface area contributed by atoms with E-state index >= 15 is 0 Å². The first kappa shape index (κ1) is 15.3. The van der Waals surface area contributed by atoms with Gasteiger partial charge < -0.3 is 10.6 Å². The summed E-state index contributed by atoms with van der Waals surface area (Å²) in [4.78, 5) is 36.2. The average molecular weight is 319 g/mol. The zero-order valence-electron chi connectivity index (χ0n) is 12.5. The number of hydrogen-bond acceptors (Lipinski definition) is 5. The lowest BCUT2D eigenvalue weighted by Crippen LogP contribution is -2.16. The van der Waals surface area contributed by atoms with Crippen molar-refractivity contribution in [2.75, 3.05) is 10.6 Å². The normalized spacial score (nSPS) is 10.0. The molecule has 118 valence electrons. The molecule has 0 atom stereocenters. The van der Waals surface area contributed by atoms with E-state index in [1.165, 1.54) is 18.5 Å². The van der Waals surface area contributed by atoms with E-state index in [1.54, 1.807) is 49.1 Å². The van der Waals surface area contributed by atoms with Gasteiger partial charge in [-0.1, -0.05) is 0 Å². The molecule has 2 N–H and O–H groups in total. The molecule has 0 spiro atoms. The highest BCUT2D eigenvalue weighted by molar-refractivity contribution is 6.08. The van der Waals surface area contributed by atoms with Crippen molar-refractivity contribution in [3.8, 4) is 0 Å². The fourth-order valence-corrected chi connectivity index (χ4v) is 1.97. The fraction of sp³-hybridized carbons (Fsp3) is 0. The van der Waals surface area contributed by atoms with Gasteiger partial charge in [0.1, 0.15) is 0 Å². The molecule has 24 heavy (non-hydrogen) atoms. The molecule has 0 aliphatic carbocycles. The van der Waals surface area contributed by atoms with Gasteiger partial charge in [-0.2, -0.15) is 0 Å². The third-order valence-corrected chi connectivity index (χ3v) is 3.14. The Balaban J connectivity index is 1.74. The molecule has 0 unspecified atom stereocenters. The Labute approximate surface area is 137 Å². The number of nitrogens with zero attached hydrogens (tertiary/aromatic N) is 3. The number of amides is 2. The molecule has 7 heteroatoms. The van der Waals surface area contributed by atoms with Gasteiger partial charge in [0.15, 0.2) is 0 Å². The molecule has 7 nitrogen and oxygen atoms in total. The van der Waals surface area contributed by atoms with Crippen LogP contribution in [0.4, 0.5) is 11.4 Å². The monoisotopic (exact) mass is 319 g/mol. The number of anilines is 2. The van der Waals surface area contributed by atoms with Gasteiger partial charge in [-0.15, -0.1) is 0 Å². The molecule has 3 aromatic heterocycles. The molecule has 3 aromatic rings. The van der Waals surface area contributed by atoms with Crippen LogP contribution in [0.1, 0.15) is 20.7 Å². The maximum atomic E-state index is 12.2. The number of carbonyl (C=O) groups excluding carboxylic acids is 2. The van der Waals surface area contributed by atoms with Crippen LogP contribution in [0.25, 0.3) is 0 Å². The Morgan fingerprint density at radius 1 is 0.667 bits per heavy atom. The molecule has 0 aliphatic heterocycles. The van der Waals surface area contributed by atoms with Crippen molar-refractivity contribution in [2.24, 2.45) is 0 Å². The van der Waals surface area contributed by atoms with Gasteiger partial charge in [0.2, 0.25) is 0 Å². The van der Waals surface area contributed by atoms with Crippen molar-refractivity contribution in [3.05, 3.63) is 78.6 Å². The minimum atomic E-state index is -0.354. The van der Waals surface area contributed by atoms with Crippen molar-refractivity contribution in [1.82, 2.24) is 15.0 Å². The highest BCUT2D eigenvalue weighted by Gasteiger charge is 2.12. The summed E-state index contributed by atoms with van der Waals surface area (Å²) in [5.41, 5.74) is 1.80. The Morgan fingerprint density at radius 3 is 1.50 bits per heavy atom. The molecule has 3 heterocycles. The first-order chi connectivity index (χ1) is 11.7. The van der Waals surface area contributed by atoms with Gasteiger partial charge in [-0.05, 0) is 30.3 Å². The summed E-state index contributed by atoms with van der Waals surface area (Å²) in [5, 5.41) is 5.43. The van der Waals surface area contributed by atoms with Crippen molar-refractivity contribution < 1.29 is 9.59 Å². The van der Waals surface area contributed by atoms with Gasteiger partial charge in [0.25, 0.3) is 11.8 Å². The van der Waals surface area contributed by atoms with Crippen molar-refractivity contribution >= 4 is 23.2 Å². The Bertz CT molecular complexity index is 784. The third kappa shape index (κ3) is 3.77. The molecular weight excluding hydrogens is 306 g/mol. The SMILES string of the molecule is O=C(Nc1ccncc1)c1cncc(C(=O)Nc2ccncc2)c1. The standard InChI is InChI=1S/C17H13N5O2/c23-16(21-14-1-5-18-6-2-14)12-9-13(11-20-10-12)17(24)22-15-3-7-19-8-4-15/h1-11H,(H,18,21,23)(H,19,22,24). The second-order valence-corrected chi connectivity index (χ2v) is 4.84. The van der Waals surface area contributed by atoms with Crippen LogP contribution in [-0.2, 0) is 0 Å². The van der Waals surface area contributed by atoms with E-state index in [0.717, 1.165) is 0 Å². The Morgan fingerprint density at radius 2 is 1.08 bits per heavy atom. The van der Waals surface area contributed by atoms with Crippen LogP contribution in [0.15, 0.2) is 67.5 Å². The number of carbonyl (C=O) groups is 2. The van der Waals surface area contributed by atoms with E-state index in [-0.39, 0.29) is 22.9 Å². The summed E-state index contributed by atoms with van der Waals surface area (Å²) in [5.74, 6) is -0.709. The van der Waals surface area contributed by atoms with E-state index in [4.69, 9.17) is 0 Å². The smallest absolute Gasteiger partial charge is 0.257 e. The molecule has 0 saturated heterocycles. The van der Waals surface area contributed by atoms with E-state index in [0.29, 0.717) is 11.4 Å². The van der Waals surface area contributed by atoms with Gasteiger partial charge in [-0.25, -0.2) is 0 Å². The maximum Gasteiger partial charge on any atom is 0.257 e. The minimum Gasteiger partial charge on any atom is -0.322 e. The number of nitrogens with one attached hydrogen (secondary N) is 2. The van der Waals surface area contributed by atoms with E-state index in [9.17, 15) is 9.59 Å². The first-order valence-electron chi connectivity index (χ1n) is 7.10. The van der Waals surface area contributed by atoms with Crippen LogP contribution in [0.3, 0.4) is 0 Å². The van der Waals surface area contributed by atoms with Crippen LogP contribution in [0.5, 0.6) is 0 Å². The predicted octanol–water partition coefficient (Wildman–Crippen LogP) is 2.38. The van der Waals surface area contributed by atoms with Crippen LogP contribution in [0, 0.1) is 0 Å². The van der Waals surface area contributed by atoms with E-state index in [2.05, 4.69) is 25.6 Å². The largest absolute Gasteiger partial charge is 0.322 e. The van der Waals surface area contributed by atoms with Crippen molar-refractivity contribution in [2.45, 2.75) is 0 Å². The molecular formula is C17H13N5O2. The lowest BCUT2D eigenvalue weighted by Gasteiger charge is -2.07. The molecule has 0 bridgehead atoms. The lowest BCUT2D eigenvalue weighted by atomic mass is 10.2. The minimum absolute atomic E-state index is 0.286. The number of pyridine rings is 3. The Kier molecular flexibility index (Phi) is 4.52. The van der Waals surface area contributed by atoms with Gasteiger partial charge in [-0.3, -0.25) is 24.5 Å². The lowest BCUT2D eigenvalue weighted by molar-refractivity contribution is 0.102. The van der Waals surface area contributed by atoms with Crippen molar-refractivity contribution in [1.29, 1.82) is 0 Å². The molecule has 0 aliphatic rings. The van der Waals surface area contributed by atoms with Crippen LogP contribution >= 0.6 is 0 Å². The molecule has 0 fully saturated rings. The molecule has 0 saturated carbocycles. The predicted molar refractivity (Wildman–Crippen MR) is 88.6 cm³/mol. The zero-order valence-corrected chi connectivity index (χ0v) is 12.5. The summed E-state index contributed by atoms with van der Waals surface area (Å²) in [6.45, 7) is 0. The number of rotatable bonds is 4. The number of aromatic nitrogens is 3. The second kappa shape index (κ2) is 7.10.